The molecule has 3 aromatic rings. The zero-order valence-electron chi connectivity index (χ0n) is 13.6. The van der Waals surface area contributed by atoms with Crippen molar-refractivity contribution >= 4 is 26.5 Å². The van der Waals surface area contributed by atoms with Gasteiger partial charge in [0.1, 0.15) is 5.75 Å². The van der Waals surface area contributed by atoms with Crippen LogP contribution >= 0.6 is 0 Å². The van der Waals surface area contributed by atoms with E-state index in [4.69, 9.17) is 4.74 Å². The van der Waals surface area contributed by atoms with E-state index < -0.39 is 10.0 Å². The number of benzene rings is 3. The molecule has 1 N–H and O–H groups in total. The molecule has 0 unspecified atom stereocenters. The molecule has 0 aliphatic rings. The lowest BCUT2D eigenvalue weighted by molar-refractivity contribution is 0.409. The van der Waals surface area contributed by atoms with Crippen molar-refractivity contribution in [1.29, 1.82) is 0 Å². The van der Waals surface area contributed by atoms with Crippen molar-refractivity contribution in [2.75, 3.05) is 11.8 Å². The minimum atomic E-state index is -3.65. The maximum atomic E-state index is 12.7. The number of sulfonamides is 1. The molecule has 0 amide bonds. The zero-order valence-corrected chi connectivity index (χ0v) is 14.4. The fourth-order valence-electron chi connectivity index (χ4n) is 2.67. The highest BCUT2D eigenvalue weighted by Crippen LogP contribution is 2.25. The summed E-state index contributed by atoms with van der Waals surface area (Å²) in [6.07, 6.45) is 0.697. The van der Waals surface area contributed by atoms with E-state index in [-0.39, 0.29) is 4.90 Å². The first-order valence-electron chi connectivity index (χ1n) is 7.72. The van der Waals surface area contributed by atoms with E-state index in [0.717, 1.165) is 16.3 Å². The van der Waals surface area contributed by atoms with E-state index in [1.807, 2.05) is 43.3 Å². The van der Waals surface area contributed by atoms with Gasteiger partial charge in [0.15, 0.2) is 0 Å². The van der Waals surface area contributed by atoms with E-state index in [9.17, 15) is 8.42 Å². The first-order chi connectivity index (χ1) is 11.5. The third-order valence-corrected chi connectivity index (χ3v) is 5.32. The van der Waals surface area contributed by atoms with Gasteiger partial charge in [-0.3, -0.25) is 4.72 Å². The second-order valence-electron chi connectivity index (χ2n) is 5.49. The van der Waals surface area contributed by atoms with Crippen molar-refractivity contribution < 1.29 is 13.2 Å². The van der Waals surface area contributed by atoms with Crippen LogP contribution in [0.4, 0.5) is 5.69 Å². The molecular formula is C19H19NO3S. The molecule has 0 fully saturated rings. The van der Waals surface area contributed by atoms with E-state index in [1.165, 1.54) is 0 Å². The Labute approximate surface area is 142 Å². The van der Waals surface area contributed by atoms with Crippen LogP contribution in [0.5, 0.6) is 5.75 Å². The van der Waals surface area contributed by atoms with Crippen LogP contribution in [0.25, 0.3) is 10.8 Å². The Hall–Kier alpha value is -2.53. The Balaban J connectivity index is 1.95. The van der Waals surface area contributed by atoms with Gasteiger partial charge in [0, 0.05) is 5.69 Å². The molecule has 0 bridgehead atoms. The SMILES string of the molecule is CCc1cc(S(=O)(=O)Nc2ccc3ccccc3c2)ccc1OC. The minimum Gasteiger partial charge on any atom is -0.496 e. The minimum absolute atomic E-state index is 0.230. The maximum Gasteiger partial charge on any atom is 0.261 e. The average Bonchev–Trinajstić information content (AvgIpc) is 2.60. The van der Waals surface area contributed by atoms with Crippen LogP contribution in [0.2, 0.25) is 0 Å². The number of anilines is 1. The maximum absolute atomic E-state index is 12.7. The Kier molecular flexibility index (Phi) is 4.44. The molecule has 0 aliphatic heterocycles. The topological polar surface area (TPSA) is 55.4 Å². The van der Waals surface area contributed by atoms with Crippen LogP contribution < -0.4 is 9.46 Å². The summed E-state index contributed by atoms with van der Waals surface area (Å²) in [6.45, 7) is 1.96. The molecule has 0 spiro atoms. The van der Waals surface area contributed by atoms with Crippen molar-refractivity contribution in [1.82, 2.24) is 0 Å². The van der Waals surface area contributed by atoms with Crippen LogP contribution in [0, 0.1) is 0 Å². The first kappa shape index (κ1) is 16.3. The summed E-state index contributed by atoms with van der Waals surface area (Å²) in [7, 11) is -2.07. The van der Waals surface area contributed by atoms with Gasteiger partial charge in [0.25, 0.3) is 10.0 Å². The number of ether oxygens (including phenoxy) is 1. The summed E-state index contributed by atoms with van der Waals surface area (Å²) in [5.41, 5.74) is 1.40. The predicted molar refractivity (Wildman–Crippen MR) is 97.1 cm³/mol. The molecule has 3 rings (SSSR count). The normalized spacial score (nSPS) is 11.4. The lowest BCUT2D eigenvalue weighted by Crippen LogP contribution is -2.13. The van der Waals surface area contributed by atoms with Gasteiger partial charge in [-0.15, -0.1) is 0 Å². The fraction of sp³-hybridized carbons (Fsp3) is 0.158. The summed E-state index contributed by atoms with van der Waals surface area (Å²) in [4.78, 5) is 0.230. The van der Waals surface area contributed by atoms with E-state index >= 15 is 0 Å². The molecule has 0 atom stereocenters. The Morgan fingerprint density at radius 1 is 0.958 bits per heavy atom. The smallest absolute Gasteiger partial charge is 0.261 e. The Morgan fingerprint density at radius 3 is 2.42 bits per heavy atom. The molecule has 5 heteroatoms. The molecule has 4 nitrogen and oxygen atoms in total. The molecule has 124 valence electrons. The first-order valence-corrected chi connectivity index (χ1v) is 9.20. The lowest BCUT2D eigenvalue weighted by Gasteiger charge is -2.12. The van der Waals surface area contributed by atoms with Gasteiger partial charge < -0.3 is 4.74 Å². The molecule has 0 radical (unpaired) electrons. The molecule has 0 saturated carbocycles. The van der Waals surface area contributed by atoms with Crippen molar-refractivity contribution in [3.05, 3.63) is 66.2 Å². The molecule has 0 heterocycles. The van der Waals surface area contributed by atoms with Crippen molar-refractivity contribution in [2.24, 2.45) is 0 Å². The highest BCUT2D eigenvalue weighted by atomic mass is 32.2. The number of fused-ring (bicyclic) bond motifs is 1. The summed E-state index contributed by atoms with van der Waals surface area (Å²) in [5, 5.41) is 2.06. The quantitative estimate of drug-likeness (QED) is 0.756. The van der Waals surface area contributed by atoms with Crippen LogP contribution in [0.3, 0.4) is 0 Å². The lowest BCUT2D eigenvalue weighted by atomic mass is 10.1. The van der Waals surface area contributed by atoms with Gasteiger partial charge in [0.2, 0.25) is 0 Å². The van der Waals surface area contributed by atoms with Crippen LogP contribution in [0.1, 0.15) is 12.5 Å². The van der Waals surface area contributed by atoms with Gasteiger partial charge >= 0.3 is 0 Å². The van der Waals surface area contributed by atoms with Crippen LogP contribution in [-0.4, -0.2) is 15.5 Å². The standard InChI is InChI=1S/C19H19NO3S/c1-3-14-13-18(10-11-19(14)23-2)24(21,22)20-17-9-8-15-6-4-5-7-16(15)12-17/h4-13,20H,3H2,1-2H3. The Bertz CT molecular complexity index is 981. The summed E-state index contributed by atoms with van der Waals surface area (Å²) < 4.78 is 33.2. The van der Waals surface area contributed by atoms with Crippen LogP contribution in [0.15, 0.2) is 65.6 Å². The second kappa shape index (κ2) is 6.53. The van der Waals surface area contributed by atoms with E-state index in [2.05, 4.69) is 4.72 Å². The van der Waals surface area contributed by atoms with Gasteiger partial charge in [0.05, 0.1) is 12.0 Å². The molecule has 3 aromatic carbocycles. The number of rotatable bonds is 5. The molecule has 0 aromatic heterocycles. The monoisotopic (exact) mass is 341 g/mol. The summed E-state index contributed by atoms with van der Waals surface area (Å²) in [5.74, 6) is 0.696. The van der Waals surface area contributed by atoms with Gasteiger partial charge in [-0.2, -0.15) is 0 Å². The number of hydrogen-bond donors (Lipinski definition) is 1. The number of methoxy groups -OCH3 is 1. The van der Waals surface area contributed by atoms with Crippen LogP contribution in [-0.2, 0) is 16.4 Å². The van der Waals surface area contributed by atoms with E-state index in [1.54, 1.807) is 31.4 Å². The molecule has 24 heavy (non-hydrogen) atoms. The van der Waals surface area contributed by atoms with E-state index in [0.29, 0.717) is 17.9 Å². The summed E-state index contributed by atoms with van der Waals surface area (Å²) >= 11 is 0. The van der Waals surface area contributed by atoms with Gasteiger partial charge in [-0.05, 0) is 53.1 Å². The van der Waals surface area contributed by atoms with Crippen molar-refractivity contribution in [2.45, 2.75) is 18.2 Å². The Morgan fingerprint density at radius 2 is 1.71 bits per heavy atom. The van der Waals surface area contributed by atoms with Gasteiger partial charge in [-0.1, -0.05) is 37.3 Å². The fourth-order valence-corrected chi connectivity index (χ4v) is 3.77. The third kappa shape index (κ3) is 3.21. The predicted octanol–water partition coefficient (Wildman–Crippen LogP) is 4.21. The molecule has 0 aliphatic carbocycles. The molecule has 0 saturated heterocycles. The second-order valence-corrected chi connectivity index (χ2v) is 7.18. The highest BCUT2D eigenvalue weighted by molar-refractivity contribution is 7.92. The summed E-state index contributed by atoms with van der Waals surface area (Å²) in [6, 6.07) is 18.2. The largest absolute Gasteiger partial charge is 0.496 e. The van der Waals surface area contributed by atoms with Crippen molar-refractivity contribution in [3.63, 3.8) is 0 Å². The van der Waals surface area contributed by atoms with Crippen molar-refractivity contribution in [3.8, 4) is 5.75 Å². The third-order valence-electron chi connectivity index (χ3n) is 3.94. The highest BCUT2D eigenvalue weighted by Gasteiger charge is 2.16. The van der Waals surface area contributed by atoms with Gasteiger partial charge in [-0.25, -0.2) is 8.42 Å². The number of aryl methyl sites for hydroxylation is 1. The number of hydrogen-bond acceptors (Lipinski definition) is 3. The zero-order chi connectivity index (χ0) is 17.2. The molecular weight excluding hydrogens is 322 g/mol. The average molecular weight is 341 g/mol. The number of nitrogens with one attached hydrogen (secondary N) is 1.